The molecule has 2 aliphatic carbocycles. The molecule has 0 amide bonds. The summed E-state index contributed by atoms with van der Waals surface area (Å²) in [5.41, 5.74) is -0.295. The number of carbonyl (C=O) groups excluding carboxylic acids is 4. The SMILES string of the molecule is [C-]#[N+]C(C(=O)OC1CCC(C(=O)OC)CC1)=C1Sc2c(OC)c3c(c(OC)c2S1)SC(=C(C#N)C(=O)OC1CCC(C(=O)OC)CC1)S3. The molecular weight excluding hydrogens is 701 g/mol. The summed E-state index contributed by atoms with van der Waals surface area (Å²) in [7, 11) is 5.71. The zero-order chi connectivity index (χ0) is 34.5. The molecule has 0 radical (unpaired) electrons. The van der Waals surface area contributed by atoms with Crippen LogP contribution < -0.4 is 9.47 Å². The van der Waals surface area contributed by atoms with Gasteiger partial charge in [0.05, 0.1) is 74.9 Å². The Bertz CT molecular complexity index is 1500. The van der Waals surface area contributed by atoms with Crippen LogP contribution in [-0.4, -0.2) is 64.5 Å². The second-order valence-corrected chi connectivity index (χ2v) is 15.7. The largest absolute Gasteiger partial charge is 0.494 e. The van der Waals surface area contributed by atoms with Crippen LogP contribution in [0.15, 0.2) is 39.3 Å². The molecule has 0 aromatic heterocycles. The molecule has 0 spiro atoms. The molecular formula is C32H32N2O10S4. The van der Waals surface area contributed by atoms with Gasteiger partial charge in [0, 0.05) is 0 Å². The second-order valence-electron chi connectivity index (χ2n) is 11.1. The van der Waals surface area contributed by atoms with Gasteiger partial charge in [-0.2, -0.15) is 5.26 Å². The predicted octanol–water partition coefficient (Wildman–Crippen LogP) is 6.47. The molecule has 1 aromatic carbocycles. The number of hydrogen-bond acceptors (Lipinski definition) is 15. The topological polar surface area (TPSA) is 152 Å². The first-order valence-electron chi connectivity index (χ1n) is 15.0. The quantitative estimate of drug-likeness (QED) is 0.0943. The van der Waals surface area contributed by atoms with Gasteiger partial charge >= 0.3 is 23.9 Å². The number of ether oxygens (including phenoxy) is 6. The molecule has 0 bridgehead atoms. The highest BCUT2D eigenvalue weighted by atomic mass is 32.2. The van der Waals surface area contributed by atoms with Crippen LogP contribution in [0.4, 0.5) is 0 Å². The normalized spacial score (nSPS) is 22.6. The third-order valence-electron chi connectivity index (χ3n) is 8.41. The summed E-state index contributed by atoms with van der Waals surface area (Å²) < 4.78 is 33.5. The van der Waals surface area contributed by atoms with E-state index in [0.717, 1.165) is 0 Å². The standard InChI is InChI=1S/C32H32N2O10S4/c1-34-20(30(38)44-18-12-8-16(9-13-18)28(36)42-5)32-47-25-21(39-2)23-24(22(40-3)26(25)48-32)46-31(45-23)19(14-33)29(37)43-17-10-6-15(7-11-17)27(35)41-4/h15-18H,6-13H2,2-5H3. The molecule has 0 saturated heterocycles. The minimum absolute atomic E-state index is 0.139. The van der Waals surface area contributed by atoms with Crippen molar-refractivity contribution in [3.05, 3.63) is 31.2 Å². The average Bonchev–Trinajstić information content (AvgIpc) is 3.73. The summed E-state index contributed by atoms with van der Waals surface area (Å²) in [4.78, 5) is 56.2. The number of rotatable bonds is 8. The highest BCUT2D eigenvalue weighted by Crippen LogP contribution is 2.68. The van der Waals surface area contributed by atoms with Crippen molar-refractivity contribution in [2.45, 2.75) is 83.2 Å². The lowest BCUT2D eigenvalue weighted by molar-refractivity contribution is -0.152. The van der Waals surface area contributed by atoms with Crippen molar-refractivity contribution in [3.63, 3.8) is 0 Å². The summed E-state index contributed by atoms with van der Waals surface area (Å²) >= 11 is 4.77. The van der Waals surface area contributed by atoms with Crippen molar-refractivity contribution in [1.29, 1.82) is 5.26 Å². The summed E-state index contributed by atoms with van der Waals surface area (Å²) in [6, 6.07) is 2.01. The number of esters is 4. The maximum atomic E-state index is 13.2. The van der Waals surface area contributed by atoms with Crippen LogP contribution in [0.3, 0.4) is 0 Å². The van der Waals surface area contributed by atoms with E-state index < -0.39 is 24.1 Å². The second kappa shape index (κ2) is 15.8. The molecule has 4 aliphatic rings. The number of nitriles is 1. The van der Waals surface area contributed by atoms with Gasteiger partial charge in [0.2, 0.25) is 0 Å². The average molecular weight is 733 g/mol. The van der Waals surface area contributed by atoms with Crippen molar-refractivity contribution in [2.24, 2.45) is 11.8 Å². The van der Waals surface area contributed by atoms with Crippen LogP contribution in [0.25, 0.3) is 4.85 Å². The van der Waals surface area contributed by atoms with Crippen LogP contribution in [-0.2, 0) is 38.1 Å². The van der Waals surface area contributed by atoms with Crippen LogP contribution in [0, 0.1) is 29.7 Å². The van der Waals surface area contributed by atoms with Crippen molar-refractivity contribution in [1.82, 2.24) is 0 Å². The van der Waals surface area contributed by atoms with E-state index in [-0.39, 0.29) is 35.0 Å². The summed E-state index contributed by atoms with van der Waals surface area (Å²) in [6.45, 7) is 7.79. The molecule has 5 rings (SSSR count). The van der Waals surface area contributed by atoms with E-state index in [0.29, 0.717) is 90.9 Å². The Morgan fingerprint density at radius 3 is 1.42 bits per heavy atom. The smallest absolute Gasteiger partial charge is 0.350 e. The zero-order valence-electron chi connectivity index (χ0n) is 26.6. The first-order valence-corrected chi connectivity index (χ1v) is 18.3. The summed E-state index contributed by atoms with van der Waals surface area (Å²) in [5, 5.41) is 10.0. The lowest BCUT2D eigenvalue weighted by Crippen LogP contribution is -2.29. The minimum Gasteiger partial charge on any atom is -0.494 e. The van der Waals surface area contributed by atoms with E-state index in [1.807, 2.05) is 6.07 Å². The van der Waals surface area contributed by atoms with Crippen LogP contribution >= 0.6 is 47.0 Å². The Morgan fingerprint density at radius 1 is 0.667 bits per heavy atom. The van der Waals surface area contributed by atoms with Crippen LogP contribution in [0.2, 0.25) is 0 Å². The number of carbonyl (C=O) groups is 4. The first kappa shape index (κ1) is 35.9. The molecule has 2 saturated carbocycles. The number of hydrogen-bond donors (Lipinski definition) is 0. The Kier molecular flexibility index (Phi) is 11.8. The fourth-order valence-electron chi connectivity index (χ4n) is 5.90. The highest BCUT2D eigenvalue weighted by molar-refractivity contribution is 8.26. The number of thioether (sulfide) groups is 4. The molecule has 16 heteroatoms. The van der Waals surface area contributed by atoms with E-state index in [4.69, 9.17) is 35.0 Å². The number of benzene rings is 1. The minimum atomic E-state index is -0.736. The molecule has 2 fully saturated rings. The lowest BCUT2D eigenvalue weighted by atomic mass is 9.87. The lowest BCUT2D eigenvalue weighted by Gasteiger charge is -2.26. The number of fused-ring (bicyclic) bond motifs is 2. The van der Waals surface area contributed by atoms with Gasteiger partial charge in [-0.1, -0.05) is 47.0 Å². The monoisotopic (exact) mass is 732 g/mol. The fraction of sp³-hybridized carbons (Fsp3) is 0.500. The van der Waals surface area contributed by atoms with Crippen molar-refractivity contribution < 1.29 is 47.6 Å². The molecule has 2 heterocycles. The Balaban J connectivity index is 1.33. The van der Waals surface area contributed by atoms with Gasteiger partial charge in [0.15, 0.2) is 5.57 Å². The van der Waals surface area contributed by atoms with E-state index in [1.54, 1.807) is 0 Å². The molecule has 1 aromatic rings. The molecule has 0 unspecified atom stereocenters. The van der Waals surface area contributed by atoms with Gasteiger partial charge in [-0.25, -0.2) is 9.64 Å². The molecule has 48 heavy (non-hydrogen) atoms. The Labute approximate surface area is 294 Å². The number of methoxy groups -OCH3 is 4. The Hall–Kier alpha value is -3.44. The summed E-state index contributed by atoms with van der Waals surface area (Å²) in [5.74, 6) is -1.53. The molecule has 254 valence electrons. The van der Waals surface area contributed by atoms with Crippen molar-refractivity contribution in [2.75, 3.05) is 28.4 Å². The maximum Gasteiger partial charge on any atom is 0.350 e. The third kappa shape index (κ3) is 7.27. The van der Waals surface area contributed by atoms with Gasteiger partial charge < -0.3 is 28.4 Å². The van der Waals surface area contributed by atoms with E-state index in [2.05, 4.69) is 4.85 Å². The van der Waals surface area contributed by atoms with Gasteiger partial charge in [0.1, 0.15) is 29.8 Å². The molecule has 0 atom stereocenters. The highest BCUT2D eigenvalue weighted by Gasteiger charge is 2.40. The van der Waals surface area contributed by atoms with E-state index in [9.17, 15) is 24.4 Å². The molecule has 0 N–H and O–H groups in total. The van der Waals surface area contributed by atoms with Crippen molar-refractivity contribution in [3.8, 4) is 17.6 Å². The Morgan fingerprint density at radius 2 is 1.06 bits per heavy atom. The zero-order valence-corrected chi connectivity index (χ0v) is 29.8. The first-order chi connectivity index (χ1) is 23.2. The van der Waals surface area contributed by atoms with Gasteiger partial charge in [0.25, 0.3) is 5.70 Å². The van der Waals surface area contributed by atoms with Gasteiger partial charge in [-0.05, 0) is 51.4 Å². The van der Waals surface area contributed by atoms with Crippen LogP contribution in [0.5, 0.6) is 11.5 Å². The van der Waals surface area contributed by atoms with Gasteiger partial charge in [-0.3, -0.25) is 14.4 Å². The summed E-state index contributed by atoms with van der Waals surface area (Å²) in [6.07, 6.45) is 3.33. The number of nitrogens with zero attached hydrogens (tertiary/aromatic N) is 2. The van der Waals surface area contributed by atoms with Crippen LogP contribution in [0.1, 0.15) is 51.4 Å². The fourth-order valence-corrected chi connectivity index (χ4v) is 11.4. The van der Waals surface area contributed by atoms with Gasteiger partial charge in [-0.15, -0.1) is 0 Å². The predicted molar refractivity (Wildman–Crippen MR) is 177 cm³/mol. The molecule has 2 aliphatic heterocycles. The molecule has 12 nitrogen and oxygen atoms in total. The van der Waals surface area contributed by atoms with E-state index in [1.165, 1.54) is 75.5 Å². The maximum absolute atomic E-state index is 13.2. The van der Waals surface area contributed by atoms with E-state index >= 15 is 0 Å². The van der Waals surface area contributed by atoms with Crippen molar-refractivity contribution >= 4 is 70.9 Å². The third-order valence-corrected chi connectivity index (χ3v) is 13.6.